The van der Waals surface area contributed by atoms with Gasteiger partial charge in [0.15, 0.2) is 11.5 Å². The molecule has 1 aliphatic heterocycles. The Kier molecular flexibility index (Phi) is 2.93. The van der Waals surface area contributed by atoms with E-state index in [2.05, 4.69) is 12.1 Å². The molecule has 1 aromatic carbocycles. The average Bonchev–Trinajstić information content (AvgIpc) is 2.86. The fourth-order valence-corrected chi connectivity index (χ4v) is 2.58. The van der Waals surface area contributed by atoms with Gasteiger partial charge in [-0.05, 0) is 43.4 Å². The highest BCUT2D eigenvalue weighted by molar-refractivity contribution is 5.48. The van der Waals surface area contributed by atoms with Crippen LogP contribution in [-0.2, 0) is 4.74 Å². The molecule has 0 spiro atoms. The van der Waals surface area contributed by atoms with Crippen molar-refractivity contribution in [2.75, 3.05) is 13.9 Å². The summed E-state index contributed by atoms with van der Waals surface area (Å²) in [7, 11) is 1.80. The molecule has 1 fully saturated rings. The SMILES string of the molecule is COC1CC[C](c2ccc3c(c2)OCO3)CC1. The molecule has 1 aliphatic carbocycles. The van der Waals surface area contributed by atoms with Gasteiger partial charge in [-0.25, -0.2) is 0 Å². The predicted molar refractivity (Wildman–Crippen MR) is 64.2 cm³/mol. The Morgan fingerprint density at radius 3 is 2.65 bits per heavy atom. The summed E-state index contributed by atoms with van der Waals surface area (Å²) in [5.41, 5.74) is 1.30. The van der Waals surface area contributed by atoms with Crippen LogP contribution in [0.4, 0.5) is 0 Å². The molecular weight excluding hydrogens is 216 g/mol. The minimum atomic E-state index is 0.347. The molecule has 91 valence electrons. The lowest BCUT2D eigenvalue weighted by Gasteiger charge is -2.27. The molecule has 0 N–H and O–H groups in total. The quantitative estimate of drug-likeness (QED) is 0.786. The van der Waals surface area contributed by atoms with E-state index in [0.29, 0.717) is 12.9 Å². The van der Waals surface area contributed by atoms with Crippen molar-refractivity contribution in [1.82, 2.24) is 0 Å². The van der Waals surface area contributed by atoms with E-state index in [1.807, 2.05) is 6.07 Å². The fraction of sp³-hybridized carbons (Fsp3) is 0.500. The molecule has 17 heavy (non-hydrogen) atoms. The Bertz CT molecular complexity index is 394. The minimum absolute atomic E-state index is 0.347. The number of fused-ring (bicyclic) bond motifs is 1. The maximum absolute atomic E-state index is 5.41. The molecule has 1 heterocycles. The molecule has 3 rings (SSSR count). The van der Waals surface area contributed by atoms with Gasteiger partial charge >= 0.3 is 0 Å². The van der Waals surface area contributed by atoms with Crippen LogP contribution in [0.15, 0.2) is 18.2 Å². The highest BCUT2D eigenvalue weighted by Crippen LogP contribution is 2.38. The topological polar surface area (TPSA) is 27.7 Å². The van der Waals surface area contributed by atoms with Crippen molar-refractivity contribution in [3.8, 4) is 11.5 Å². The second-order valence-electron chi connectivity index (χ2n) is 4.61. The van der Waals surface area contributed by atoms with E-state index in [1.54, 1.807) is 7.11 Å². The van der Waals surface area contributed by atoms with E-state index < -0.39 is 0 Å². The predicted octanol–water partition coefficient (Wildman–Crippen LogP) is 2.93. The monoisotopic (exact) mass is 233 g/mol. The summed E-state index contributed by atoms with van der Waals surface area (Å²) < 4.78 is 16.1. The zero-order valence-electron chi connectivity index (χ0n) is 10.1. The smallest absolute Gasteiger partial charge is 0.231 e. The van der Waals surface area contributed by atoms with Crippen LogP contribution in [0.5, 0.6) is 11.5 Å². The number of ether oxygens (including phenoxy) is 3. The third kappa shape index (κ3) is 2.12. The highest BCUT2D eigenvalue weighted by atomic mass is 16.7. The molecule has 1 saturated carbocycles. The Morgan fingerprint density at radius 2 is 1.88 bits per heavy atom. The summed E-state index contributed by atoms with van der Waals surface area (Å²) in [5, 5.41) is 0. The molecule has 2 aliphatic rings. The zero-order valence-corrected chi connectivity index (χ0v) is 10.1. The van der Waals surface area contributed by atoms with Gasteiger partial charge in [0, 0.05) is 13.0 Å². The van der Waals surface area contributed by atoms with Gasteiger partial charge in [0.1, 0.15) is 0 Å². The molecule has 0 bridgehead atoms. The van der Waals surface area contributed by atoms with Crippen LogP contribution in [0.3, 0.4) is 0 Å². The summed E-state index contributed by atoms with van der Waals surface area (Å²) in [4.78, 5) is 0. The van der Waals surface area contributed by atoms with Crippen molar-refractivity contribution in [1.29, 1.82) is 0 Å². The number of benzene rings is 1. The van der Waals surface area contributed by atoms with Gasteiger partial charge in [-0.2, -0.15) is 0 Å². The summed E-state index contributed by atoms with van der Waals surface area (Å²) in [6, 6.07) is 6.24. The van der Waals surface area contributed by atoms with Crippen LogP contribution in [0, 0.1) is 5.92 Å². The van der Waals surface area contributed by atoms with E-state index in [0.717, 1.165) is 37.2 Å². The molecule has 3 heteroatoms. The fourth-order valence-electron chi connectivity index (χ4n) is 2.58. The van der Waals surface area contributed by atoms with Crippen molar-refractivity contribution in [3.63, 3.8) is 0 Å². The van der Waals surface area contributed by atoms with Crippen LogP contribution in [0.2, 0.25) is 0 Å². The van der Waals surface area contributed by atoms with Crippen molar-refractivity contribution in [2.45, 2.75) is 31.8 Å². The highest BCUT2D eigenvalue weighted by Gasteiger charge is 2.24. The molecular formula is C14H17O3. The van der Waals surface area contributed by atoms with Crippen LogP contribution in [-0.4, -0.2) is 20.0 Å². The third-order valence-electron chi connectivity index (χ3n) is 3.65. The first-order chi connectivity index (χ1) is 8.36. The van der Waals surface area contributed by atoms with E-state index in [-0.39, 0.29) is 0 Å². The van der Waals surface area contributed by atoms with Crippen molar-refractivity contribution < 1.29 is 14.2 Å². The first kappa shape index (κ1) is 10.9. The summed E-state index contributed by atoms with van der Waals surface area (Å²) in [6.07, 6.45) is 4.93. The molecule has 0 unspecified atom stereocenters. The number of methoxy groups -OCH3 is 1. The molecule has 0 amide bonds. The number of rotatable bonds is 2. The zero-order chi connectivity index (χ0) is 11.7. The Morgan fingerprint density at radius 1 is 1.12 bits per heavy atom. The van der Waals surface area contributed by atoms with E-state index >= 15 is 0 Å². The van der Waals surface area contributed by atoms with E-state index in [4.69, 9.17) is 14.2 Å². The van der Waals surface area contributed by atoms with Gasteiger partial charge in [0.25, 0.3) is 0 Å². The summed E-state index contributed by atoms with van der Waals surface area (Å²) >= 11 is 0. The van der Waals surface area contributed by atoms with Gasteiger partial charge in [0.05, 0.1) is 6.10 Å². The van der Waals surface area contributed by atoms with Gasteiger partial charge < -0.3 is 14.2 Å². The molecule has 1 aromatic rings. The van der Waals surface area contributed by atoms with Crippen LogP contribution in [0.1, 0.15) is 31.2 Å². The maximum atomic E-state index is 5.41. The lowest BCUT2D eigenvalue weighted by molar-refractivity contribution is 0.0764. The summed E-state index contributed by atoms with van der Waals surface area (Å²) in [6.45, 7) is 0.347. The standard InChI is InChI=1S/C14H17O3/c1-15-12-5-2-10(3-6-12)11-4-7-13-14(8-11)17-9-16-13/h4,7-8,12H,2-3,5-6,9H2,1H3. The molecule has 0 saturated heterocycles. The largest absolute Gasteiger partial charge is 0.454 e. The maximum Gasteiger partial charge on any atom is 0.231 e. The van der Waals surface area contributed by atoms with Crippen molar-refractivity contribution in [3.05, 3.63) is 29.7 Å². The normalized spacial score (nSPS) is 20.8. The van der Waals surface area contributed by atoms with Gasteiger partial charge in [-0.3, -0.25) is 0 Å². The second kappa shape index (κ2) is 4.57. The first-order valence-corrected chi connectivity index (χ1v) is 6.14. The van der Waals surface area contributed by atoms with Gasteiger partial charge in [-0.1, -0.05) is 6.07 Å². The second-order valence-corrected chi connectivity index (χ2v) is 4.61. The Balaban J connectivity index is 1.72. The van der Waals surface area contributed by atoms with Crippen LogP contribution < -0.4 is 9.47 Å². The third-order valence-corrected chi connectivity index (χ3v) is 3.65. The van der Waals surface area contributed by atoms with E-state index in [9.17, 15) is 0 Å². The van der Waals surface area contributed by atoms with Gasteiger partial charge in [0.2, 0.25) is 6.79 Å². The van der Waals surface area contributed by atoms with Gasteiger partial charge in [-0.15, -0.1) is 0 Å². The Hall–Kier alpha value is -1.22. The number of hydrogen-bond donors (Lipinski definition) is 0. The van der Waals surface area contributed by atoms with Crippen molar-refractivity contribution in [2.24, 2.45) is 0 Å². The molecule has 0 atom stereocenters. The Labute approximate surface area is 102 Å². The van der Waals surface area contributed by atoms with Crippen LogP contribution in [0.25, 0.3) is 0 Å². The summed E-state index contributed by atoms with van der Waals surface area (Å²) in [5.74, 6) is 3.25. The minimum Gasteiger partial charge on any atom is -0.454 e. The molecule has 1 radical (unpaired) electrons. The first-order valence-electron chi connectivity index (χ1n) is 6.14. The number of hydrogen-bond acceptors (Lipinski definition) is 3. The molecule has 0 aromatic heterocycles. The average molecular weight is 233 g/mol. The van der Waals surface area contributed by atoms with E-state index in [1.165, 1.54) is 11.5 Å². The lowest BCUT2D eigenvalue weighted by Crippen LogP contribution is -2.19. The van der Waals surface area contributed by atoms with Crippen molar-refractivity contribution >= 4 is 0 Å². The molecule has 3 nitrogen and oxygen atoms in total. The lowest BCUT2D eigenvalue weighted by atomic mass is 9.82. The van der Waals surface area contributed by atoms with Crippen LogP contribution >= 0.6 is 0 Å².